The Morgan fingerprint density at radius 1 is 0.567 bits per heavy atom. The van der Waals surface area contributed by atoms with Gasteiger partial charge in [-0.1, -0.05) is 17.2 Å². The summed E-state index contributed by atoms with van der Waals surface area (Å²) in [4.78, 5) is 9.84. The molecule has 2 unspecified atom stereocenters. The predicted octanol–water partition coefficient (Wildman–Crippen LogP) is 5.52. The van der Waals surface area contributed by atoms with Crippen LogP contribution in [0.25, 0.3) is 0 Å². The molecular formula is C26H38N2P2. The summed E-state index contributed by atoms with van der Waals surface area (Å²) in [5, 5.41) is 0. The number of hydrogen-bond acceptors (Lipinski definition) is 2. The molecule has 1 aromatic rings. The lowest BCUT2D eigenvalue weighted by molar-refractivity contribution is -0.0386. The zero-order valence-corrected chi connectivity index (χ0v) is 20.4. The van der Waals surface area contributed by atoms with Gasteiger partial charge in [0.1, 0.15) is 0 Å². The van der Waals surface area contributed by atoms with Crippen molar-refractivity contribution >= 4 is 28.0 Å². The third-order valence-electron chi connectivity index (χ3n) is 10.3. The standard InChI is InChI=1S/C26H38N2P2/c1-2-28-24(30-16-26-12-20-6-21(13-26)8-22(7-20)14-26)23(27-1)29-15-25-9-17-3-18(10-25)5-19(4-17)11-25/h1-2,17-22,29-30H,3-16H2. The predicted molar refractivity (Wildman–Crippen MR) is 129 cm³/mol. The molecule has 9 rings (SSSR count). The van der Waals surface area contributed by atoms with Crippen molar-refractivity contribution in [3.05, 3.63) is 12.4 Å². The van der Waals surface area contributed by atoms with Crippen molar-refractivity contribution < 1.29 is 0 Å². The largest absolute Gasteiger partial charge is 0.253 e. The fraction of sp³-hybridized carbons (Fsp3) is 0.846. The second-order valence-electron chi connectivity index (χ2n) is 12.8. The highest BCUT2D eigenvalue weighted by Gasteiger charge is 2.51. The summed E-state index contributed by atoms with van der Waals surface area (Å²) in [7, 11) is 1.80. The van der Waals surface area contributed by atoms with Crippen molar-refractivity contribution in [2.45, 2.75) is 77.0 Å². The Labute approximate surface area is 186 Å². The van der Waals surface area contributed by atoms with Gasteiger partial charge in [0.2, 0.25) is 0 Å². The molecule has 8 saturated carbocycles. The van der Waals surface area contributed by atoms with Crippen LogP contribution in [0.5, 0.6) is 0 Å². The van der Waals surface area contributed by atoms with Crippen LogP contribution in [-0.4, -0.2) is 22.3 Å². The first-order valence-corrected chi connectivity index (χ1v) is 15.3. The van der Waals surface area contributed by atoms with Gasteiger partial charge in [-0.3, -0.25) is 9.97 Å². The Balaban J connectivity index is 1.04. The minimum atomic E-state index is 0.686. The quantitative estimate of drug-likeness (QED) is 0.545. The Bertz CT molecular complexity index is 683. The number of rotatable bonds is 6. The van der Waals surface area contributed by atoms with Gasteiger partial charge >= 0.3 is 0 Å². The van der Waals surface area contributed by atoms with Crippen LogP contribution >= 0.6 is 17.2 Å². The highest BCUT2D eigenvalue weighted by atomic mass is 31.1. The second-order valence-corrected chi connectivity index (χ2v) is 15.2. The first-order valence-electron chi connectivity index (χ1n) is 12.9. The number of nitrogens with zero attached hydrogens (tertiary/aromatic N) is 2. The Morgan fingerprint density at radius 3 is 1.17 bits per heavy atom. The third-order valence-corrected chi connectivity index (χ3v) is 13.8. The molecule has 8 bridgehead atoms. The van der Waals surface area contributed by atoms with Crippen molar-refractivity contribution in [1.82, 2.24) is 9.97 Å². The van der Waals surface area contributed by atoms with Gasteiger partial charge in [-0.05, 0) is 136 Å². The van der Waals surface area contributed by atoms with Gasteiger partial charge in [0.25, 0.3) is 0 Å². The molecule has 8 aliphatic carbocycles. The molecule has 0 saturated heterocycles. The lowest BCUT2D eigenvalue weighted by Gasteiger charge is -2.57. The summed E-state index contributed by atoms with van der Waals surface area (Å²) < 4.78 is 0. The highest BCUT2D eigenvalue weighted by Crippen LogP contribution is 2.62. The zero-order valence-electron chi connectivity index (χ0n) is 18.4. The average molecular weight is 441 g/mol. The van der Waals surface area contributed by atoms with Crippen molar-refractivity contribution in [2.24, 2.45) is 46.3 Å². The van der Waals surface area contributed by atoms with Crippen LogP contribution in [0.15, 0.2) is 12.4 Å². The molecule has 1 aromatic heterocycles. The van der Waals surface area contributed by atoms with E-state index >= 15 is 0 Å². The lowest BCUT2D eigenvalue weighted by atomic mass is 9.50. The topological polar surface area (TPSA) is 25.8 Å². The van der Waals surface area contributed by atoms with Gasteiger partial charge in [0, 0.05) is 12.4 Å². The summed E-state index contributed by atoms with van der Waals surface area (Å²) in [6.07, 6.45) is 25.4. The monoisotopic (exact) mass is 440 g/mol. The molecule has 30 heavy (non-hydrogen) atoms. The SMILES string of the molecule is c1cnc(PCC23CC4CC(CC(C4)C2)C3)c(PCC23CC4CC(CC(C4)C2)C3)n1. The van der Waals surface area contributed by atoms with E-state index in [-0.39, 0.29) is 0 Å². The zero-order chi connectivity index (χ0) is 19.8. The molecule has 0 amide bonds. The molecule has 162 valence electrons. The molecule has 2 atom stereocenters. The summed E-state index contributed by atoms with van der Waals surface area (Å²) in [6.45, 7) is 0. The van der Waals surface area contributed by atoms with Crippen LogP contribution in [0.4, 0.5) is 0 Å². The third kappa shape index (κ3) is 3.43. The van der Waals surface area contributed by atoms with Crippen LogP contribution in [-0.2, 0) is 0 Å². The Morgan fingerprint density at radius 2 is 0.867 bits per heavy atom. The van der Waals surface area contributed by atoms with Crippen molar-refractivity contribution in [1.29, 1.82) is 0 Å². The summed E-state index contributed by atoms with van der Waals surface area (Å²) in [6, 6.07) is 0. The average Bonchev–Trinajstić information content (AvgIpc) is 2.69. The van der Waals surface area contributed by atoms with Crippen molar-refractivity contribution in [3.63, 3.8) is 0 Å². The summed E-state index contributed by atoms with van der Waals surface area (Å²) in [5.74, 6) is 6.42. The van der Waals surface area contributed by atoms with Gasteiger partial charge < -0.3 is 0 Å². The van der Waals surface area contributed by atoms with E-state index in [9.17, 15) is 0 Å². The Kier molecular flexibility index (Phi) is 4.67. The van der Waals surface area contributed by atoms with Gasteiger partial charge in [0.05, 0.1) is 10.9 Å². The van der Waals surface area contributed by atoms with E-state index in [0.717, 1.165) is 52.7 Å². The maximum absolute atomic E-state index is 4.92. The first-order chi connectivity index (χ1) is 14.6. The molecular weight excluding hydrogens is 402 g/mol. The highest BCUT2D eigenvalue weighted by molar-refractivity contribution is 7.54. The molecule has 0 aliphatic heterocycles. The van der Waals surface area contributed by atoms with Gasteiger partial charge in [-0.15, -0.1) is 0 Å². The van der Waals surface area contributed by atoms with Crippen LogP contribution in [0.1, 0.15) is 77.0 Å². The molecule has 0 aromatic carbocycles. The van der Waals surface area contributed by atoms with Gasteiger partial charge in [-0.2, -0.15) is 0 Å². The van der Waals surface area contributed by atoms with E-state index in [1.54, 1.807) is 38.5 Å². The molecule has 1 heterocycles. The van der Waals surface area contributed by atoms with Crippen LogP contribution in [0.2, 0.25) is 0 Å². The van der Waals surface area contributed by atoms with Crippen LogP contribution in [0.3, 0.4) is 0 Å². The fourth-order valence-corrected chi connectivity index (χ4v) is 13.4. The van der Waals surface area contributed by atoms with E-state index in [2.05, 4.69) is 0 Å². The molecule has 8 aliphatic rings. The lowest BCUT2D eigenvalue weighted by Crippen LogP contribution is -2.48. The maximum Gasteiger partial charge on any atom is 0.0856 e. The first kappa shape index (κ1) is 19.4. The molecule has 4 heteroatoms. The van der Waals surface area contributed by atoms with Crippen LogP contribution in [0, 0.1) is 46.3 Å². The Hall–Kier alpha value is -0.0600. The van der Waals surface area contributed by atoms with E-state index < -0.39 is 0 Å². The molecule has 0 spiro atoms. The molecule has 0 radical (unpaired) electrons. The van der Waals surface area contributed by atoms with Crippen LogP contribution < -0.4 is 10.9 Å². The van der Waals surface area contributed by atoms with Gasteiger partial charge in [-0.25, -0.2) is 0 Å². The van der Waals surface area contributed by atoms with E-state index in [0.29, 0.717) is 10.8 Å². The second kappa shape index (κ2) is 7.22. The number of aromatic nitrogens is 2. The fourth-order valence-electron chi connectivity index (χ4n) is 10.2. The summed E-state index contributed by atoms with van der Waals surface area (Å²) >= 11 is 0. The van der Waals surface area contributed by atoms with E-state index in [1.807, 2.05) is 12.4 Å². The smallest absolute Gasteiger partial charge is 0.0856 e. The van der Waals surface area contributed by atoms with Crippen molar-refractivity contribution in [3.8, 4) is 0 Å². The molecule has 8 fully saturated rings. The van der Waals surface area contributed by atoms with E-state index in [4.69, 9.17) is 9.97 Å². The van der Waals surface area contributed by atoms with Crippen molar-refractivity contribution in [2.75, 3.05) is 12.3 Å². The maximum atomic E-state index is 4.92. The van der Waals surface area contributed by atoms with E-state index in [1.165, 1.54) is 61.7 Å². The number of hydrogen-bond donors (Lipinski definition) is 0. The molecule has 0 N–H and O–H groups in total. The normalized spacial score (nSPS) is 48.7. The summed E-state index contributed by atoms with van der Waals surface area (Å²) in [5.41, 5.74) is 4.17. The minimum absolute atomic E-state index is 0.686. The minimum Gasteiger partial charge on any atom is -0.253 e. The molecule has 2 nitrogen and oxygen atoms in total. The van der Waals surface area contributed by atoms with Gasteiger partial charge in [0.15, 0.2) is 0 Å².